The smallest absolute Gasteiger partial charge is 0.255 e. The number of carbonyl (C=O) groups excluding carboxylic acids is 2. The van der Waals surface area contributed by atoms with Crippen LogP contribution in [0.2, 0.25) is 0 Å². The average Bonchev–Trinajstić information content (AvgIpc) is 2.60. The fraction of sp³-hybridized carbons (Fsp3) is 0.333. The Kier molecular flexibility index (Phi) is 5.38. The number of aryl methyl sites for hydroxylation is 3. The molecule has 1 heterocycles. The van der Waals surface area contributed by atoms with Gasteiger partial charge < -0.3 is 15.0 Å². The molecule has 1 aliphatic heterocycles. The van der Waals surface area contributed by atoms with Crippen molar-refractivity contribution in [2.75, 3.05) is 30.5 Å². The van der Waals surface area contributed by atoms with Crippen LogP contribution in [0.25, 0.3) is 0 Å². The lowest BCUT2D eigenvalue weighted by atomic mass is 10.0. The third kappa shape index (κ3) is 3.94. The Hall–Kier alpha value is -2.66. The van der Waals surface area contributed by atoms with Crippen molar-refractivity contribution in [3.05, 3.63) is 58.7 Å². The van der Waals surface area contributed by atoms with E-state index in [4.69, 9.17) is 4.74 Å². The van der Waals surface area contributed by atoms with E-state index in [0.29, 0.717) is 12.1 Å². The predicted molar refractivity (Wildman–Crippen MR) is 103 cm³/mol. The van der Waals surface area contributed by atoms with E-state index in [2.05, 4.69) is 5.32 Å². The minimum absolute atomic E-state index is 0.0412. The summed E-state index contributed by atoms with van der Waals surface area (Å²) in [5, 5.41) is 2.96. The van der Waals surface area contributed by atoms with E-state index in [0.717, 1.165) is 40.9 Å². The number of ether oxygens (including phenoxy) is 1. The van der Waals surface area contributed by atoms with Crippen molar-refractivity contribution in [2.45, 2.75) is 26.7 Å². The Morgan fingerprint density at radius 3 is 2.54 bits per heavy atom. The SMILES string of the molecule is COCC(=O)N1CCCc2cc(NC(=O)c3cc(C)cc(C)c3)ccc21. The van der Waals surface area contributed by atoms with Gasteiger partial charge in [-0.15, -0.1) is 0 Å². The highest BCUT2D eigenvalue weighted by Crippen LogP contribution is 2.30. The maximum atomic E-state index is 12.6. The fourth-order valence-electron chi connectivity index (χ4n) is 3.44. The summed E-state index contributed by atoms with van der Waals surface area (Å²) < 4.78 is 4.97. The first-order valence-corrected chi connectivity index (χ1v) is 8.80. The van der Waals surface area contributed by atoms with E-state index in [1.807, 2.05) is 50.2 Å². The molecule has 2 aromatic carbocycles. The summed E-state index contributed by atoms with van der Waals surface area (Å²) in [4.78, 5) is 26.5. The number of nitrogens with zero attached hydrogens (tertiary/aromatic N) is 1. The lowest BCUT2D eigenvalue weighted by Crippen LogP contribution is -2.37. The van der Waals surface area contributed by atoms with Gasteiger partial charge in [-0.3, -0.25) is 9.59 Å². The number of methoxy groups -OCH3 is 1. The number of hydrogen-bond donors (Lipinski definition) is 1. The van der Waals surface area contributed by atoms with Gasteiger partial charge in [0.15, 0.2) is 0 Å². The van der Waals surface area contributed by atoms with Crippen LogP contribution in [0.3, 0.4) is 0 Å². The number of nitrogens with one attached hydrogen (secondary N) is 1. The van der Waals surface area contributed by atoms with E-state index >= 15 is 0 Å². The maximum Gasteiger partial charge on any atom is 0.255 e. The quantitative estimate of drug-likeness (QED) is 0.916. The van der Waals surface area contributed by atoms with Crippen LogP contribution in [0.4, 0.5) is 11.4 Å². The lowest BCUT2D eigenvalue weighted by molar-refractivity contribution is -0.122. The summed E-state index contributed by atoms with van der Waals surface area (Å²) in [7, 11) is 1.52. The number of amides is 2. The molecule has 0 radical (unpaired) electrons. The highest BCUT2D eigenvalue weighted by atomic mass is 16.5. The van der Waals surface area contributed by atoms with Crippen molar-refractivity contribution in [1.29, 1.82) is 0 Å². The van der Waals surface area contributed by atoms with Gasteiger partial charge in [0.2, 0.25) is 0 Å². The Balaban J connectivity index is 1.80. The molecule has 26 heavy (non-hydrogen) atoms. The van der Waals surface area contributed by atoms with Gasteiger partial charge in [0.1, 0.15) is 6.61 Å². The molecule has 0 unspecified atom stereocenters. The van der Waals surface area contributed by atoms with Crippen molar-refractivity contribution in [2.24, 2.45) is 0 Å². The predicted octanol–water partition coefficient (Wildman–Crippen LogP) is 3.48. The minimum Gasteiger partial charge on any atom is -0.375 e. The van der Waals surface area contributed by atoms with Gasteiger partial charge in [0.05, 0.1) is 0 Å². The zero-order valence-electron chi connectivity index (χ0n) is 15.5. The molecule has 0 saturated carbocycles. The molecule has 1 aliphatic rings. The molecule has 1 N–H and O–H groups in total. The summed E-state index contributed by atoms with van der Waals surface area (Å²) in [5.41, 5.74) is 5.49. The zero-order valence-corrected chi connectivity index (χ0v) is 15.5. The number of hydrogen-bond acceptors (Lipinski definition) is 3. The third-order valence-electron chi connectivity index (χ3n) is 4.51. The first-order chi connectivity index (χ1) is 12.5. The van der Waals surface area contributed by atoms with Gasteiger partial charge in [-0.2, -0.15) is 0 Å². The Bertz CT molecular complexity index is 825. The molecule has 5 nitrogen and oxygen atoms in total. The Labute approximate surface area is 154 Å². The van der Waals surface area contributed by atoms with Crippen molar-refractivity contribution in [1.82, 2.24) is 0 Å². The van der Waals surface area contributed by atoms with Crippen molar-refractivity contribution in [3.63, 3.8) is 0 Å². The van der Waals surface area contributed by atoms with Crippen LogP contribution in [-0.2, 0) is 16.0 Å². The molecular weight excluding hydrogens is 328 g/mol. The molecule has 2 amide bonds. The van der Waals surface area contributed by atoms with Crippen LogP contribution in [0.5, 0.6) is 0 Å². The molecule has 0 saturated heterocycles. The molecule has 5 heteroatoms. The van der Waals surface area contributed by atoms with Crippen molar-refractivity contribution < 1.29 is 14.3 Å². The maximum absolute atomic E-state index is 12.6. The average molecular weight is 352 g/mol. The highest BCUT2D eigenvalue weighted by Gasteiger charge is 2.22. The van der Waals surface area contributed by atoms with Crippen LogP contribution in [0.1, 0.15) is 33.5 Å². The summed E-state index contributed by atoms with van der Waals surface area (Å²) in [5.74, 6) is -0.166. The topological polar surface area (TPSA) is 58.6 Å². The lowest BCUT2D eigenvalue weighted by Gasteiger charge is -2.29. The Morgan fingerprint density at radius 1 is 1.12 bits per heavy atom. The molecule has 0 spiro atoms. The molecule has 2 aromatic rings. The molecular formula is C21H24N2O3. The summed E-state index contributed by atoms with van der Waals surface area (Å²) in [6.07, 6.45) is 1.79. The first kappa shape index (κ1) is 18.1. The number of benzene rings is 2. The van der Waals surface area contributed by atoms with Crippen LogP contribution >= 0.6 is 0 Å². The monoisotopic (exact) mass is 352 g/mol. The van der Waals surface area contributed by atoms with E-state index in [1.165, 1.54) is 7.11 Å². The number of anilines is 2. The second-order valence-electron chi connectivity index (χ2n) is 6.76. The van der Waals surface area contributed by atoms with Gasteiger partial charge in [-0.1, -0.05) is 17.2 Å². The van der Waals surface area contributed by atoms with Crippen molar-refractivity contribution in [3.8, 4) is 0 Å². The third-order valence-corrected chi connectivity index (χ3v) is 4.51. The standard InChI is InChI=1S/C21H24N2O3/c1-14-9-15(2)11-17(10-14)21(25)22-18-6-7-19-16(12-18)5-4-8-23(19)20(24)13-26-3/h6-7,9-12H,4-5,8,13H2,1-3H3,(H,22,25). The summed E-state index contributed by atoms with van der Waals surface area (Å²) in [6.45, 7) is 4.73. The largest absolute Gasteiger partial charge is 0.375 e. The number of carbonyl (C=O) groups is 2. The molecule has 0 bridgehead atoms. The fourth-order valence-corrected chi connectivity index (χ4v) is 3.44. The van der Waals surface area contributed by atoms with E-state index in [-0.39, 0.29) is 18.4 Å². The zero-order chi connectivity index (χ0) is 18.7. The normalized spacial score (nSPS) is 13.3. The van der Waals surface area contributed by atoms with Gasteiger partial charge >= 0.3 is 0 Å². The van der Waals surface area contributed by atoms with Gasteiger partial charge in [0, 0.05) is 30.6 Å². The molecule has 0 aliphatic carbocycles. The summed E-state index contributed by atoms with van der Waals surface area (Å²) in [6, 6.07) is 11.5. The van der Waals surface area contributed by atoms with Crippen molar-refractivity contribution >= 4 is 23.2 Å². The van der Waals surface area contributed by atoms with Crippen LogP contribution < -0.4 is 10.2 Å². The van der Waals surface area contributed by atoms with Crippen LogP contribution in [0.15, 0.2) is 36.4 Å². The minimum atomic E-state index is -0.125. The Morgan fingerprint density at radius 2 is 1.85 bits per heavy atom. The van der Waals surface area contributed by atoms with Crippen LogP contribution in [-0.4, -0.2) is 32.1 Å². The molecule has 0 fully saturated rings. The van der Waals surface area contributed by atoms with Gasteiger partial charge in [-0.25, -0.2) is 0 Å². The van der Waals surface area contributed by atoms with Gasteiger partial charge in [0.25, 0.3) is 11.8 Å². The van der Waals surface area contributed by atoms with E-state index in [9.17, 15) is 9.59 Å². The van der Waals surface area contributed by atoms with Gasteiger partial charge in [-0.05, 0) is 62.6 Å². The number of rotatable bonds is 4. The molecule has 136 valence electrons. The number of fused-ring (bicyclic) bond motifs is 1. The molecule has 0 atom stereocenters. The van der Waals surface area contributed by atoms with E-state index < -0.39 is 0 Å². The second kappa shape index (κ2) is 7.70. The first-order valence-electron chi connectivity index (χ1n) is 8.80. The van der Waals surface area contributed by atoms with E-state index in [1.54, 1.807) is 4.90 Å². The molecule has 3 rings (SSSR count). The molecule has 0 aromatic heterocycles. The highest BCUT2D eigenvalue weighted by molar-refractivity contribution is 6.05. The van der Waals surface area contributed by atoms with Crippen LogP contribution in [0, 0.1) is 13.8 Å². The summed E-state index contributed by atoms with van der Waals surface area (Å²) >= 11 is 0. The second-order valence-corrected chi connectivity index (χ2v) is 6.76.